The van der Waals surface area contributed by atoms with E-state index in [0.717, 1.165) is 48.9 Å². The number of ether oxygens (including phenoxy) is 2. The summed E-state index contributed by atoms with van der Waals surface area (Å²) in [7, 11) is 0. The average molecular weight is 355 g/mol. The van der Waals surface area contributed by atoms with Gasteiger partial charge in [0, 0.05) is 6.07 Å². The lowest BCUT2D eigenvalue weighted by molar-refractivity contribution is 0.0213. The van der Waals surface area contributed by atoms with Crippen molar-refractivity contribution in [2.24, 2.45) is 0 Å². The molecule has 0 N–H and O–H groups in total. The molecule has 2 fully saturated rings. The quantitative estimate of drug-likeness (QED) is 0.843. The molecule has 0 spiro atoms. The van der Waals surface area contributed by atoms with Crippen molar-refractivity contribution < 1.29 is 9.47 Å². The van der Waals surface area contributed by atoms with Crippen molar-refractivity contribution in [2.45, 2.75) is 56.9 Å². The van der Waals surface area contributed by atoms with E-state index in [1.807, 2.05) is 22.9 Å². The Morgan fingerprint density at radius 1 is 0.885 bits per heavy atom. The van der Waals surface area contributed by atoms with Crippen LogP contribution in [0, 0.1) is 0 Å². The Morgan fingerprint density at radius 2 is 1.65 bits per heavy atom. The minimum atomic E-state index is -0.0431. The summed E-state index contributed by atoms with van der Waals surface area (Å²) in [6.07, 6.45) is 9.94. The topological polar surface area (TPSA) is 65.3 Å². The van der Waals surface area contributed by atoms with Gasteiger partial charge in [0.15, 0.2) is 17.3 Å². The minimum absolute atomic E-state index is 0.0431. The van der Waals surface area contributed by atoms with Crippen LogP contribution in [0.1, 0.15) is 57.2 Å². The van der Waals surface area contributed by atoms with E-state index < -0.39 is 0 Å². The first-order valence-electron chi connectivity index (χ1n) is 9.81. The molecule has 0 atom stereocenters. The van der Waals surface area contributed by atoms with E-state index >= 15 is 0 Å². The highest BCUT2D eigenvalue weighted by atomic mass is 16.7. The Morgan fingerprint density at radius 3 is 2.50 bits per heavy atom. The van der Waals surface area contributed by atoms with Crippen LogP contribution in [0.3, 0.4) is 0 Å². The molecule has 1 saturated carbocycles. The third-order valence-electron chi connectivity index (χ3n) is 6.13. The van der Waals surface area contributed by atoms with Crippen LogP contribution in [0.25, 0.3) is 5.69 Å². The summed E-state index contributed by atoms with van der Waals surface area (Å²) < 4.78 is 12.9. The third kappa shape index (κ3) is 2.57. The second kappa shape index (κ2) is 6.54. The number of nitrogens with zero attached hydrogens (tertiary/aromatic N) is 5. The van der Waals surface area contributed by atoms with Gasteiger partial charge in [0.25, 0.3) is 0 Å². The first kappa shape index (κ1) is 16.1. The number of aromatic nitrogens is 4. The van der Waals surface area contributed by atoms with Crippen molar-refractivity contribution in [3.63, 3.8) is 0 Å². The van der Waals surface area contributed by atoms with E-state index in [-0.39, 0.29) is 12.3 Å². The largest absolute Gasteiger partial charge is 0.454 e. The van der Waals surface area contributed by atoms with E-state index in [9.17, 15) is 0 Å². The lowest BCUT2D eigenvalue weighted by Crippen LogP contribution is -2.51. The summed E-state index contributed by atoms with van der Waals surface area (Å²) in [5.41, 5.74) is 0.898. The first-order valence-corrected chi connectivity index (χ1v) is 9.81. The molecule has 2 aliphatic heterocycles. The number of tetrazole rings is 1. The van der Waals surface area contributed by atoms with Gasteiger partial charge in [-0.2, -0.15) is 4.68 Å². The van der Waals surface area contributed by atoms with Gasteiger partial charge in [0.05, 0.1) is 11.2 Å². The van der Waals surface area contributed by atoms with Crippen LogP contribution in [0.15, 0.2) is 18.2 Å². The average Bonchev–Trinajstić information content (AvgIpc) is 3.38. The maximum Gasteiger partial charge on any atom is 0.231 e. The Bertz CT molecular complexity index is 778. The van der Waals surface area contributed by atoms with Gasteiger partial charge in [-0.3, -0.25) is 4.90 Å². The molecule has 0 radical (unpaired) electrons. The molecule has 0 unspecified atom stereocenters. The Hall–Kier alpha value is -2.15. The predicted octanol–water partition coefficient (Wildman–Crippen LogP) is 3.04. The fraction of sp³-hybridized carbons (Fsp3) is 0.632. The maximum absolute atomic E-state index is 5.55. The molecule has 26 heavy (non-hydrogen) atoms. The smallest absolute Gasteiger partial charge is 0.231 e. The Kier molecular flexibility index (Phi) is 4.04. The lowest BCUT2D eigenvalue weighted by Gasteiger charge is -2.47. The van der Waals surface area contributed by atoms with Crippen molar-refractivity contribution in [3.05, 3.63) is 24.0 Å². The number of rotatable bonds is 3. The van der Waals surface area contributed by atoms with Gasteiger partial charge in [-0.25, -0.2) is 0 Å². The molecule has 1 aliphatic carbocycles. The van der Waals surface area contributed by atoms with Crippen molar-refractivity contribution in [1.82, 2.24) is 25.1 Å². The van der Waals surface area contributed by atoms with Crippen molar-refractivity contribution >= 4 is 0 Å². The summed E-state index contributed by atoms with van der Waals surface area (Å²) >= 11 is 0. The Labute approximate surface area is 153 Å². The summed E-state index contributed by atoms with van der Waals surface area (Å²) in [4.78, 5) is 2.66. The molecule has 0 amide bonds. The summed E-state index contributed by atoms with van der Waals surface area (Å²) in [5, 5.41) is 13.0. The number of likely N-dealkylation sites (tertiary alicyclic amines) is 1. The normalized spacial score (nSPS) is 22.5. The molecule has 2 aromatic rings. The molecule has 3 aliphatic rings. The van der Waals surface area contributed by atoms with Gasteiger partial charge < -0.3 is 9.47 Å². The van der Waals surface area contributed by atoms with Crippen molar-refractivity contribution in [1.29, 1.82) is 0 Å². The van der Waals surface area contributed by atoms with E-state index in [1.165, 1.54) is 38.5 Å². The lowest BCUT2D eigenvalue weighted by atomic mass is 9.78. The molecular formula is C19H25N5O2. The fourth-order valence-electron chi connectivity index (χ4n) is 4.81. The Balaban J connectivity index is 1.57. The first-order chi connectivity index (χ1) is 12.9. The van der Waals surface area contributed by atoms with Gasteiger partial charge in [-0.05, 0) is 61.3 Å². The molecule has 1 aromatic heterocycles. The van der Waals surface area contributed by atoms with Gasteiger partial charge in [0.1, 0.15) is 0 Å². The SMILES string of the molecule is c1cc2c(cc1-n1nnnc1C1(N3CCCCC3)CCCCC1)OCO2. The number of piperidine rings is 1. The van der Waals surface area contributed by atoms with Gasteiger partial charge in [-0.15, -0.1) is 5.10 Å². The van der Waals surface area contributed by atoms with E-state index in [1.54, 1.807) is 0 Å². The third-order valence-corrected chi connectivity index (χ3v) is 6.13. The molecule has 7 heteroatoms. The highest BCUT2D eigenvalue weighted by molar-refractivity contribution is 5.50. The van der Waals surface area contributed by atoms with Crippen molar-refractivity contribution in [3.8, 4) is 17.2 Å². The van der Waals surface area contributed by atoms with Gasteiger partial charge in [0.2, 0.25) is 6.79 Å². The second-order valence-corrected chi connectivity index (χ2v) is 7.59. The van der Waals surface area contributed by atoms with Crippen LogP contribution in [0.5, 0.6) is 11.5 Å². The number of hydrogen-bond donors (Lipinski definition) is 0. The van der Waals surface area contributed by atoms with Crippen LogP contribution in [0.2, 0.25) is 0 Å². The van der Waals surface area contributed by atoms with Gasteiger partial charge >= 0.3 is 0 Å². The summed E-state index contributed by atoms with van der Waals surface area (Å²) in [5.74, 6) is 2.53. The van der Waals surface area contributed by atoms with Crippen LogP contribution >= 0.6 is 0 Å². The van der Waals surface area contributed by atoms with Crippen LogP contribution in [-0.4, -0.2) is 45.0 Å². The zero-order valence-corrected chi connectivity index (χ0v) is 15.1. The van der Waals surface area contributed by atoms with Crippen LogP contribution < -0.4 is 9.47 Å². The summed E-state index contributed by atoms with van der Waals surface area (Å²) in [6, 6.07) is 5.94. The number of benzene rings is 1. The molecule has 7 nitrogen and oxygen atoms in total. The maximum atomic E-state index is 5.55. The highest BCUT2D eigenvalue weighted by Gasteiger charge is 2.44. The standard InChI is InChI=1S/C19H25N5O2/c1-3-9-19(10-4-1,23-11-5-2-6-12-23)18-20-21-22-24(18)15-7-8-16-17(13-15)26-14-25-16/h7-8,13H,1-6,9-12,14H2. The van der Waals surface area contributed by atoms with Gasteiger partial charge in [-0.1, -0.05) is 25.7 Å². The molecule has 1 aromatic carbocycles. The minimum Gasteiger partial charge on any atom is -0.454 e. The van der Waals surface area contributed by atoms with E-state index in [2.05, 4.69) is 20.4 Å². The second-order valence-electron chi connectivity index (χ2n) is 7.59. The molecular weight excluding hydrogens is 330 g/mol. The molecule has 1 saturated heterocycles. The zero-order chi connectivity index (χ0) is 17.4. The zero-order valence-electron chi connectivity index (χ0n) is 15.1. The molecule has 0 bridgehead atoms. The van der Waals surface area contributed by atoms with Crippen LogP contribution in [0.4, 0.5) is 0 Å². The fourth-order valence-corrected chi connectivity index (χ4v) is 4.81. The van der Waals surface area contributed by atoms with Crippen molar-refractivity contribution in [2.75, 3.05) is 19.9 Å². The molecule has 5 rings (SSSR count). The summed E-state index contributed by atoms with van der Waals surface area (Å²) in [6.45, 7) is 2.57. The number of hydrogen-bond acceptors (Lipinski definition) is 6. The van der Waals surface area contributed by atoms with E-state index in [4.69, 9.17) is 9.47 Å². The number of fused-ring (bicyclic) bond motifs is 1. The van der Waals surface area contributed by atoms with Crippen LogP contribution in [-0.2, 0) is 5.54 Å². The highest BCUT2D eigenvalue weighted by Crippen LogP contribution is 2.43. The predicted molar refractivity (Wildman–Crippen MR) is 95.5 cm³/mol. The monoisotopic (exact) mass is 355 g/mol. The molecule has 138 valence electrons. The molecule has 3 heterocycles. The van der Waals surface area contributed by atoms with E-state index in [0.29, 0.717) is 0 Å².